The summed E-state index contributed by atoms with van der Waals surface area (Å²) < 4.78 is 5.17. The van der Waals surface area contributed by atoms with Crippen LogP contribution in [0.1, 0.15) is 26.7 Å². The molecule has 0 N–H and O–H groups in total. The lowest BCUT2D eigenvalue weighted by Crippen LogP contribution is -1.84. The van der Waals surface area contributed by atoms with E-state index in [1.165, 1.54) is 0 Å². The van der Waals surface area contributed by atoms with E-state index in [4.69, 9.17) is 4.74 Å². The molecule has 1 saturated heterocycles. The molecular weight excluding hydrogens is 136 g/mol. The van der Waals surface area contributed by atoms with Crippen molar-refractivity contribution in [1.29, 1.82) is 0 Å². The number of hydrogen-bond donors (Lipinski definition) is 0. The SMILES string of the molecule is CCC#C[C@@H]1O[C@@H]1C#CCC. The van der Waals surface area contributed by atoms with Crippen molar-refractivity contribution in [2.45, 2.75) is 38.9 Å². The standard InChI is InChI=1S/C10H12O/c1-3-5-7-9-10(11-9)8-6-4-2/h9-10H,3-4H2,1-2H3/t9-,10+. The largest absolute Gasteiger partial charge is 0.342 e. The Balaban J connectivity index is 2.26. The Morgan fingerprint density at radius 1 is 1.00 bits per heavy atom. The molecular formula is C10H12O. The van der Waals surface area contributed by atoms with Crippen LogP contribution in [0.3, 0.4) is 0 Å². The molecule has 0 aromatic heterocycles. The number of ether oxygens (including phenoxy) is 1. The average molecular weight is 148 g/mol. The van der Waals surface area contributed by atoms with Crippen LogP contribution in [0.4, 0.5) is 0 Å². The van der Waals surface area contributed by atoms with Gasteiger partial charge in [0.25, 0.3) is 0 Å². The minimum absolute atomic E-state index is 0.106. The Labute approximate surface area is 68.1 Å². The molecule has 1 aliphatic rings. The molecule has 0 aromatic carbocycles. The summed E-state index contributed by atoms with van der Waals surface area (Å²) >= 11 is 0. The zero-order chi connectivity index (χ0) is 8.10. The molecule has 1 fully saturated rings. The molecule has 2 atom stereocenters. The first-order valence-electron chi connectivity index (χ1n) is 4.00. The minimum Gasteiger partial charge on any atom is -0.342 e. The van der Waals surface area contributed by atoms with Gasteiger partial charge in [-0.15, -0.1) is 11.8 Å². The van der Waals surface area contributed by atoms with Crippen LogP contribution in [0.25, 0.3) is 0 Å². The molecule has 11 heavy (non-hydrogen) atoms. The highest BCUT2D eigenvalue weighted by Gasteiger charge is 2.35. The molecule has 0 spiro atoms. The van der Waals surface area contributed by atoms with Crippen LogP contribution in [0, 0.1) is 23.7 Å². The van der Waals surface area contributed by atoms with Crippen LogP contribution >= 0.6 is 0 Å². The lowest BCUT2D eigenvalue weighted by molar-refractivity contribution is 0.421. The predicted molar refractivity (Wildman–Crippen MR) is 44.8 cm³/mol. The quantitative estimate of drug-likeness (QED) is 0.375. The van der Waals surface area contributed by atoms with Gasteiger partial charge < -0.3 is 4.74 Å². The molecule has 0 aromatic rings. The van der Waals surface area contributed by atoms with Gasteiger partial charge >= 0.3 is 0 Å². The molecule has 1 rings (SSSR count). The van der Waals surface area contributed by atoms with E-state index < -0.39 is 0 Å². The van der Waals surface area contributed by atoms with E-state index in [0.29, 0.717) is 0 Å². The summed E-state index contributed by atoms with van der Waals surface area (Å²) in [6.07, 6.45) is 2.00. The lowest BCUT2D eigenvalue weighted by Gasteiger charge is -1.70. The normalized spacial score (nSPS) is 26.0. The average Bonchev–Trinajstić information content (AvgIpc) is 2.76. The van der Waals surface area contributed by atoms with Gasteiger partial charge in [-0.25, -0.2) is 0 Å². The molecule has 0 bridgehead atoms. The molecule has 0 amide bonds. The van der Waals surface area contributed by atoms with Gasteiger partial charge in [0.2, 0.25) is 0 Å². The fourth-order valence-electron chi connectivity index (χ4n) is 0.737. The van der Waals surface area contributed by atoms with Gasteiger partial charge in [-0.3, -0.25) is 0 Å². The summed E-state index contributed by atoms with van der Waals surface area (Å²) in [5, 5.41) is 0. The van der Waals surface area contributed by atoms with E-state index in [-0.39, 0.29) is 12.2 Å². The molecule has 0 aliphatic carbocycles. The maximum Gasteiger partial charge on any atom is 0.157 e. The van der Waals surface area contributed by atoms with Crippen LogP contribution in [0.2, 0.25) is 0 Å². The molecule has 1 heteroatoms. The first-order chi connectivity index (χ1) is 5.38. The van der Waals surface area contributed by atoms with Crippen molar-refractivity contribution in [3.63, 3.8) is 0 Å². The third kappa shape index (κ3) is 2.66. The lowest BCUT2D eigenvalue weighted by atomic mass is 10.3. The molecule has 0 radical (unpaired) electrons. The summed E-state index contributed by atoms with van der Waals surface area (Å²) in [6, 6.07) is 0. The van der Waals surface area contributed by atoms with E-state index in [9.17, 15) is 0 Å². The second-order valence-electron chi connectivity index (χ2n) is 2.33. The Morgan fingerprint density at radius 2 is 1.45 bits per heavy atom. The highest BCUT2D eigenvalue weighted by molar-refractivity contribution is 5.24. The maximum atomic E-state index is 5.17. The van der Waals surface area contributed by atoms with E-state index in [1.54, 1.807) is 0 Å². The predicted octanol–water partition coefficient (Wildman–Crippen LogP) is 1.58. The van der Waals surface area contributed by atoms with Gasteiger partial charge in [0.15, 0.2) is 12.2 Å². The summed E-state index contributed by atoms with van der Waals surface area (Å²) in [5.74, 6) is 11.9. The van der Waals surface area contributed by atoms with Gasteiger partial charge in [0.05, 0.1) is 0 Å². The smallest absolute Gasteiger partial charge is 0.157 e. The highest BCUT2D eigenvalue weighted by atomic mass is 16.6. The molecule has 1 heterocycles. The van der Waals surface area contributed by atoms with Crippen LogP contribution in [-0.2, 0) is 4.74 Å². The molecule has 0 unspecified atom stereocenters. The summed E-state index contributed by atoms with van der Waals surface area (Å²) in [4.78, 5) is 0. The number of epoxide rings is 1. The number of hydrogen-bond acceptors (Lipinski definition) is 1. The van der Waals surface area contributed by atoms with Gasteiger partial charge in [-0.2, -0.15) is 0 Å². The fraction of sp³-hybridized carbons (Fsp3) is 0.600. The van der Waals surface area contributed by atoms with Crippen molar-refractivity contribution >= 4 is 0 Å². The third-order valence-corrected chi connectivity index (χ3v) is 1.33. The molecule has 58 valence electrons. The van der Waals surface area contributed by atoms with E-state index in [0.717, 1.165) is 12.8 Å². The van der Waals surface area contributed by atoms with E-state index in [1.807, 2.05) is 13.8 Å². The Kier molecular flexibility index (Phi) is 3.02. The monoisotopic (exact) mass is 148 g/mol. The molecule has 0 saturated carbocycles. The summed E-state index contributed by atoms with van der Waals surface area (Å²) in [7, 11) is 0. The van der Waals surface area contributed by atoms with Crippen molar-refractivity contribution in [3.8, 4) is 23.7 Å². The zero-order valence-corrected chi connectivity index (χ0v) is 6.98. The van der Waals surface area contributed by atoms with Crippen molar-refractivity contribution in [3.05, 3.63) is 0 Å². The van der Waals surface area contributed by atoms with Crippen molar-refractivity contribution in [2.75, 3.05) is 0 Å². The van der Waals surface area contributed by atoms with Crippen molar-refractivity contribution in [2.24, 2.45) is 0 Å². The van der Waals surface area contributed by atoms with Gasteiger partial charge in [0.1, 0.15) is 0 Å². The van der Waals surface area contributed by atoms with Crippen molar-refractivity contribution in [1.82, 2.24) is 0 Å². The van der Waals surface area contributed by atoms with Gasteiger partial charge in [-0.1, -0.05) is 25.7 Å². The Bertz CT molecular complexity index is 207. The van der Waals surface area contributed by atoms with Gasteiger partial charge in [-0.05, 0) is 0 Å². The number of rotatable bonds is 0. The third-order valence-electron chi connectivity index (χ3n) is 1.33. The molecule has 1 nitrogen and oxygen atoms in total. The highest BCUT2D eigenvalue weighted by Crippen LogP contribution is 2.19. The van der Waals surface area contributed by atoms with Crippen molar-refractivity contribution < 1.29 is 4.74 Å². The summed E-state index contributed by atoms with van der Waals surface area (Å²) in [6.45, 7) is 4.06. The minimum atomic E-state index is 0.106. The van der Waals surface area contributed by atoms with Crippen LogP contribution in [0.5, 0.6) is 0 Å². The second kappa shape index (κ2) is 4.06. The van der Waals surface area contributed by atoms with Crippen LogP contribution < -0.4 is 0 Å². The molecule has 1 aliphatic heterocycles. The Hall–Kier alpha value is -0.920. The fourth-order valence-corrected chi connectivity index (χ4v) is 0.737. The summed E-state index contributed by atoms with van der Waals surface area (Å²) in [5.41, 5.74) is 0. The first-order valence-corrected chi connectivity index (χ1v) is 4.00. The first kappa shape index (κ1) is 8.18. The zero-order valence-electron chi connectivity index (χ0n) is 6.98. The van der Waals surface area contributed by atoms with Crippen LogP contribution in [0.15, 0.2) is 0 Å². The Morgan fingerprint density at radius 3 is 1.82 bits per heavy atom. The second-order valence-corrected chi connectivity index (χ2v) is 2.33. The van der Waals surface area contributed by atoms with E-state index in [2.05, 4.69) is 23.7 Å². The van der Waals surface area contributed by atoms with E-state index >= 15 is 0 Å². The van der Waals surface area contributed by atoms with Crippen LogP contribution in [-0.4, -0.2) is 12.2 Å². The topological polar surface area (TPSA) is 12.5 Å². The van der Waals surface area contributed by atoms with Gasteiger partial charge in [0, 0.05) is 12.8 Å². The maximum absolute atomic E-state index is 5.17.